The van der Waals surface area contributed by atoms with Gasteiger partial charge in [0, 0.05) is 19.1 Å². The molecule has 0 heterocycles. The lowest BCUT2D eigenvalue weighted by Crippen LogP contribution is -2.47. The fourth-order valence-electron chi connectivity index (χ4n) is 2.51. The van der Waals surface area contributed by atoms with Crippen molar-refractivity contribution in [2.75, 3.05) is 7.05 Å². The highest BCUT2D eigenvalue weighted by Crippen LogP contribution is 2.29. The van der Waals surface area contributed by atoms with Crippen LogP contribution in [0, 0.1) is 5.92 Å². The standard InChI is InChI=1S/C11H20N2O/c1-13(8-4-2-5-8)11(14)9-6-3-7-10(9)12/h8-10H,2-7,12H2,1H3. The van der Waals surface area contributed by atoms with E-state index in [0.29, 0.717) is 11.9 Å². The summed E-state index contributed by atoms with van der Waals surface area (Å²) < 4.78 is 0. The third kappa shape index (κ3) is 1.65. The van der Waals surface area contributed by atoms with Crippen LogP contribution in [0.25, 0.3) is 0 Å². The Hall–Kier alpha value is -0.570. The van der Waals surface area contributed by atoms with Crippen molar-refractivity contribution >= 4 is 5.91 Å². The molecule has 14 heavy (non-hydrogen) atoms. The quantitative estimate of drug-likeness (QED) is 0.719. The Morgan fingerprint density at radius 1 is 1.21 bits per heavy atom. The highest BCUT2D eigenvalue weighted by Gasteiger charge is 2.35. The van der Waals surface area contributed by atoms with Gasteiger partial charge in [0.05, 0.1) is 5.92 Å². The highest BCUT2D eigenvalue weighted by molar-refractivity contribution is 5.80. The van der Waals surface area contributed by atoms with Crippen LogP contribution in [0.2, 0.25) is 0 Å². The first-order chi connectivity index (χ1) is 6.70. The monoisotopic (exact) mass is 196 g/mol. The van der Waals surface area contributed by atoms with Crippen LogP contribution in [0.1, 0.15) is 38.5 Å². The van der Waals surface area contributed by atoms with Gasteiger partial charge in [0.2, 0.25) is 5.91 Å². The molecule has 0 bridgehead atoms. The lowest BCUT2D eigenvalue weighted by atomic mass is 9.90. The molecule has 3 heteroatoms. The van der Waals surface area contributed by atoms with Crippen LogP contribution in [0.4, 0.5) is 0 Å². The third-order valence-electron chi connectivity index (χ3n) is 3.86. The smallest absolute Gasteiger partial charge is 0.227 e. The van der Waals surface area contributed by atoms with Crippen molar-refractivity contribution in [1.82, 2.24) is 4.90 Å². The first-order valence-electron chi connectivity index (χ1n) is 5.72. The van der Waals surface area contributed by atoms with E-state index in [-0.39, 0.29) is 12.0 Å². The van der Waals surface area contributed by atoms with Gasteiger partial charge in [-0.05, 0) is 32.1 Å². The summed E-state index contributed by atoms with van der Waals surface area (Å²) in [6, 6.07) is 0.625. The minimum atomic E-state index is 0.112. The lowest BCUT2D eigenvalue weighted by molar-refractivity contribution is -0.138. The van der Waals surface area contributed by atoms with Crippen LogP contribution in [-0.2, 0) is 4.79 Å². The number of nitrogens with zero attached hydrogens (tertiary/aromatic N) is 1. The summed E-state index contributed by atoms with van der Waals surface area (Å²) in [5.74, 6) is 0.403. The van der Waals surface area contributed by atoms with Crippen LogP contribution >= 0.6 is 0 Å². The van der Waals surface area contributed by atoms with E-state index in [1.54, 1.807) is 0 Å². The summed E-state index contributed by atoms with van der Waals surface area (Å²) >= 11 is 0. The Morgan fingerprint density at radius 2 is 1.86 bits per heavy atom. The zero-order chi connectivity index (χ0) is 10.1. The molecule has 2 unspecified atom stereocenters. The van der Waals surface area contributed by atoms with Crippen LogP contribution in [0.5, 0.6) is 0 Å². The number of nitrogens with two attached hydrogens (primary N) is 1. The number of carbonyl (C=O) groups is 1. The predicted octanol–water partition coefficient (Wildman–Crippen LogP) is 1.12. The maximum Gasteiger partial charge on any atom is 0.227 e. The van der Waals surface area contributed by atoms with Gasteiger partial charge in [0.1, 0.15) is 0 Å². The molecular weight excluding hydrogens is 176 g/mol. The molecule has 0 aromatic heterocycles. The summed E-state index contributed by atoms with van der Waals surface area (Å²) in [5, 5.41) is 0. The third-order valence-corrected chi connectivity index (χ3v) is 3.86. The fraction of sp³-hybridized carbons (Fsp3) is 0.909. The van der Waals surface area contributed by atoms with E-state index < -0.39 is 0 Å². The van der Waals surface area contributed by atoms with Crippen LogP contribution in [-0.4, -0.2) is 29.9 Å². The maximum absolute atomic E-state index is 12.0. The molecule has 0 aromatic rings. The van der Waals surface area contributed by atoms with Crippen molar-refractivity contribution in [3.63, 3.8) is 0 Å². The first-order valence-corrected chi connectivity index (χ1v) is 5.72. The molecule has 3 nitrogen and oxygen atoms in total. The summed E-state index contributed by atoms with van der Waals surface area (Å²) in [6.07, 6.45) is 6.79. The highest BCUT2D eigenvalue weighted by atomic mass is 16.2. The van der Waals surface area contributed by atoms with Crippen LogP contribution in [0.15, 0.2) is 0 Å². The zero-order valence-corrected chi connectivity index (χ0v) is 8.91. The number of carbonyl (C=O) groups excluding carboxylic acids is 1. The van der Waals surface area contributed by atoms with E-state index in [9.17, 15) is 4.79 Å². The molecule has 80 valence electrons. The second-order valence-electron chi connectivity index (χ2n) is 4.74. The van der Waals surface area contributed by atoms with Crippen LogP contribution in [0.3, 0.4) is 0 Å². The SMILES string of the molecule is CN(C(=O)C1CCCC1N)C1CCC1. The Kier molecular flexibility index (Phi) is 2.77. The lowest BCUT2D eigenvalue weighted by Gasteiger charge is -2.36. The molecule has 2 aliphatic carbocycles. The van der Waals surface area contributed by atoms with E-state index in [0.717, 1.165) is 19.3 Å². The van der Waals surface area contributed by atoms with Crippen molar-refractivity contribution in [1.29, 1.82) is 0 Å². The topological polar surface area (TPSA) is 46.3 Å². The fourth-order valence-corrected chi connectivity index (χ4v) is 2.51. The van der Waals surface area contributed by atoms with E-state index in [4.69, 9.17) is 5.73 Å². The molecule has 0 spiro atoms. The average molecular weight is 196 g/mol. The van der Waals surface area contributed by atoms with Gasteiger partial charge in [0.25, 0.3) is 0 Å². The van der Waals surface area contributed by atoms with Crippen molar-refractivity contribution in [3.05, 3.63) is 0 Å². The first kappa shape index (κ1) is 9.97. The minimum Gasteiger partial charge on any atom is -0.342 e. The van der Waals surface area contributed by atoms with Gasteiger partial charge in [-0.15, -0.1) is 0 Å². The van der Waals surface area contributed by atoms with Gasteiger partial charge >= 0.3 is 0 Å². The Balaban J connectivity index is 1.92. The number of hydrogen-bond acceptors (Lipinski definition) is 2. The predicted molar refractivity (Wildman–Crippen MR) is 55.7 cm³/mol. The molecule has 1 amide bonds. The molecule has 2 saturated carbocycles. The summed E-state index contributed by atoms with van der Waals surface area (Å²) in [4.78, 5) is 14.0. The van der Waals surface area contributed by atoms with E-state index in [2.05, 4.69) is 0 Å². The van der Waals surface area contributed by atoms with Gasteiger partial charge in [0.15, 0.2) is 0 Å². The molecule has 0 radical (unpaired) electrons. The number of amides is 1. The maximum atomic E-state index is 12.0. The van der Waals surface area contributed by atoms with Gasteiger partial charge < -0.3 is 10.6 Å². The van der Waals surface area contributed by atoms with Gasteiger partial charge in [-0.1, -0.05) is 6.42 Å². The van der Waals surface area contributed by atoms with E-state index in [1.165, 1.54) is 19.3 Å². The van der Waals surface area contributed by atoms with Crippen molar-refractivity contribution in [2.24, 2.45) is 11.7 Å². The molecule has 2 N–H and O–H groups in total. The molecule has 0 aromatic carbocycles. The molecule has 2 rings (SSSR count). The largest absolute Gasteiger partial charge is 0.342 e. The molecular formula is C11H20N2O. The van der Waals surface area contributed by atoms with Gasteiger partial charge in [-0.25, -0.2) is 0 Å². The minimum absolute atomic E-state index is 0.112. The molecule has 2 aliphatic rings. The Morgan fingerprint density at radius 3 is 2.29 bits per heavy atom. The van der Waals surface area contributed by atoms with Crippen molar-refractivity contribution in [3.8, 4) is 0 Å². The molecule has 0 aliphatic heterocycles. The number of hydrogen-bond donors (Lipinski definition) is 1. The van der Waals surface area contributed by atoms with E-state index in [1.807, 2.05) is 11.9 Å². The number of rotatable bonds is 2. The van der Waals surface area contributed by atoms with Crippen molar-refractivity contribution < 1.29 is 4.79 Å². The molecule has 0 saturated heterocycles. The summed E-state index contributed by atoms with van der Waals surface area (Å²) in [7, 11) is 1.94. The van der Waals surface area contributed by atoms with Crippen molar-refractivity contribution in [2.45, 2.75) is 50.6 Å². The second kappa shape index (κ2) is 3.89. The van der Waals surface area contributed by atoms with E-state index >= 15 is 0 Å². The Labute approximate surface area is 85.6 Å². The second-order valence-corrected chi connectivity index (χ2v) is 4.74. The summed E-state index contributed by atoms with van der Waals surface area (Å²) in [5.41, 5.74) is 5.93. The van der Waals surface area contributed by atoms with Gasteiger partial charge in [-0.3, -0.25) is 4.79 Å². The Bertz CT molecular complexity index is 225. The average Bonchev–Trinajstić information content (AvgIpc) is 2.47. The zero-order valence-electron chi connectivity index (χ0n) is 8.91. The molecule has 2 atom stereocenters. The van der Waals surface area contributed by atoms with Gasteiger partial charge in [-0.2, -0.15) is 0 Å². The van der Waals surface area contributed by atoms with Crippen LogP contribution < -0.4 is 5.73 Å². The summed E-state index contributed by atoms with van der Waals surface area (Å²) in [6.45, 7) is 0. The molecule has 2 fully saturated rings. The normalized spacial score (nSPS) is 32.7.